The fourth-order valence-corrected chi connectivity index (χ4v) is 3.90. The molecule has 166 valence electrons. The number of benzene rings is 3. The molecule has 0 aliphatic carbocycles. The summed E-state index contributed by atoms with van der Waals surface area (Å²) in [6.07, 6.45) is 1.38. The summed E-state index contributed by atoms with van der Waals surface area (Å²) in [5, 5.41) is 14.2. The van der Waals surface area contributed by atoms with Crippen LogP contribution in [0.15, 0.2) is 83.1 Å². The van der Waals surface area contributed by atoms with Crippen molar-refractivity contribution in [1.82, 2.24) is 20.2 Å². The second-order valence-electron chi connectivity index (χ2n) is 6.76. The number of hydrogen-bond acceptors (Lipinski definition) is 5. The molecule has 0 saturated heterocycles. The number of amides is 1. The lowest BCUT2D eigenvalue weighted by Crippen LogP contribution is -2.20. The van der Waals surface area contributed by atoms with Crippen LogP contribution in [0.3, 0.4) is 0 Å². The largest absolute Gasteiger partial charge is 0.272 e. The molecular formula is C23H16Cl2FN5OS. The van der Waals surface area contributed by atoms with Crippen LogP contribution in [-0.2, 0) is 4.79 Å². The first-order valence-corrected chi connectivity index (χ1v) is 11.4. The zero-order chi connectivity index (χ0) is 23.2. The van der Waals surface area contributed by atoms with Gasteiger partial charge in [0.15, 0.2) is 11.0 Å². The highest BCUT2D eigenvalue weighted by Crippen LogP contribution is 2.29. The highest BCUT2D eigenvalue weighted by molar-refractivity contribution is 7.99. The number of nitrogens with one attached hydrogen (secondary N) is 1. The minimum Gasteiger partial charge on any atom is -0.272 e. The van der Waals surface area contributed by atoms with Crippen LogP contribution >= 0.6 is 35.0 Å². The van der Waals surface area contributed by atoms with Crippen LogP contribution in [0.2, 0.25) is 10.0 Å². The van der Waals surface area contributed by atoms with Gasteiger partial charge in [-0.3, -0.25) is 9.36 Å². The Morgan fingerprint density at radius 3 is 2.42 bits per heavy atom. The van der Waals surface area contributed by atoms with Crippen molar-refractivity contribution in [2.75, 3.05) is 5.75 Å². The molecule has 3 aromatic carbocycles. The van der Waals surface area contributed by atoms with Crippen LogP contribution in [0.4, 0.5) is 4.39 Å². The number of hydrogen-bond donors (Lipinski definition) is 1. The minimum atomic E-state index is -0.376. The standard InChI is InChI=1S/C23H16Cl2FN5OS/c24-17-6-4-16(5-7-17)22-29-30-23(31(22)20-10-8-18(25)9-11-20)33-14-21(32)28-27-13-15-2-1-3-19(26)12-15/h1-13H,14H2,(H,28,32)/b27-13+. The van der Waals surface area contributed by atoms with Crippen molar-refractivity contribution in [3.8, 4) is 17.1 Å². The summed E-state index contributed by atoms with van der Waals surface area (Å²) in [6, 6.07) is 20.4. The summed E-state index contributed by atoms with van der Waals surface area (Å²) in [4.78, 5) is 12.3. The predicted octanol–water partition coefficient (Wildman–Crippen LogP) is 5.62. The molecular weight excluding hydrogens is 484 g/mol. The van der Waals surface area contributed by atoms with Gasteiger partial charge >= 0.3 is 0 Å². The molecule has 4 rings (SSSR count). The van der Waals surface area contributed by atoms with Crippen LogP contribution in [0.5, 0.6) is 0 Å². The van der Waals surface area contributed by atoms with E-state index >= 15 is 0 Å². The molecule has 33 heavy (non-hydrogen) atoms. The Labute approximate surface area is 203 Å². The van der Waals surface area contributed by atoms with Crippen molar-refractivity contribution < 1.29 is 9.18 Å². The Bertz CT molecular complexity index is 1290. The van der Waals surface area contributed by atoms with Gasteiger partial charge in [0, 0.05) is 21.3 Å². The highest BCUT2D eigenvalue weighted by Gasteiger charge is 2.17. The van der Waals surface area contributed by atoms with Crippen molar-refractivity contribution in [2.24, 2.45) is 5.10 Å². The molecule has 1 amide bonds. The molecule has 1 heterocycles. The maximum absolute atomic E-state index is 13.2. The van der Waals surface area contributed by atoms with E-state index in [9.17, 15) is 9.18 Å². The van der Waals surface area contributed by atoms with Crippen molar-refractivity contribution in [1.29, 1.82) is 0 Å². The molecule has 0 atom stereocenters. The monoisotopic (exact) mass is 499 g/mol. The van der Waals surface area contributed by atoms with E-state index < -0.39 is 0 Å². The van der Waals surface area contributed by atoms with E-state index in [1.54, 1.807) is 36.4 Å². The lowest BCUT2D eigenvalue weighted by Gasteiger charge is -2.10. The molecule has 0 spiro atoms. The first-order valence-electron chi connectivity index (χ1n) is 9.67. The van der Waals surface area contributed by atoms with Gasteiger partial charge in [-0.1, -0.05) is 47.1 Å². The van der Waals surface area contributed by atoms with Crippen molar-refractivity contribution >= 4 is 47.1 Å². The maximum Gasteiger partial charge on any atom is 0.250 e. The fourth-order valence-electron chi connectivity index (χ4n) is 2.90. The molecule has 6 nitrogen and oxygen atoms in total. The molecule has 1 aromatic heterocycles. The molecule has 1 N–H and O–H groups in total. The van der Waals surface area contributed by atoms with E-state index in [-0.39, 0.29) is 17.5 Å². The van der Waals surface area contributed by atoms with Gasteiger partial charge in [-0.25, -0.2) is 9.82 Å². The summed E-state index contributed by atoms with van der Waals surface area (Å²) in [7, 11) is 0. The molecule has 10 heteroatoms. The highest BCUT2D eigenvalue weighted by atomic mass is 35.5. The summed E-state index contributed by atoms with van der Waals surface area (Å²) >= 11 is 13.3. The maximum atomic E-state index is 13.2. The molecule has 0 unspecified atom stereocenters. The number of thioether (sulfide) groups is 1. The average Bonchev–Trinajstić information content (AvgIpc) is 3.23. The normalized spacial score (nSPS) is 11.1. The summed E-state index contributed by atoms with van der Waals surface area (Å²) in [5.74, 6) is -0.0708. The fraction of sp³-hybridized carbons (Fsp3) is 0.0435. The van der Waals surface area contributed by atoms with Gasteiger partial charge in [-0.05, 0) is 66.2 Å². The zero-order valence-corrected chi connectivity index (χ0v) is 19.3. The third-order valence-corrected chi connectivity index (χ3v) is 5.84. The van der Waals surface area contributed by atoms with E-state index in [1.165, 1.54) is 30.1 Å². The van der Waals surface area contributed by atoms with Gasteiger partial charge in [0.1, 0.15) is 5.82 Å². The molecule has 0 radical (unpaired) electrons. The zero-order valence-electron chi connectivity index (χ0n) is 17.0. The topological polar surface area (TPSA) is 72.2 Å². The Hall–Kier alpha value is -3.20. The first-order chi connectivity index (χ1) is 16.0. The lowest BCUT2D eigenvalue weighted by molar-refractivity contribution is -0.118. The number of hydrazone groups is 1. The van der Waals surface area contributed by atoms with Crippen LogP contribution < -0.4 is 5.43 Å². The molecule has 4 aromatic rings. The lowest BCUT2D eigenvalue weighted by atomic mass is 10.2. The Morgan fingerprint density at radius 1 is 1.03 bits per heavy atom. The number of carbonyl (C=O) groups excluding carboxylic acids is 1. The number of carbonyl (C=O) groups is 1. The van der Waals surface area contributed by atoms with Gasteiger partial charge in [0.25, 0.3) is 5.91 Å². The Morgan fingerprint density at radius 2 is 1.73 bits per heavy atom. The molecule has 0 fully saturated rings. The van der Waals surface area contributed by atoms with Gasteiger partial charge in [0.05, 0.1) is 12.0 Å². The van der Waals surface area contributed by atoms with E-state index in [0.717, 1.165) is 11.3 Å². The summed E-state index contributed by atoms with van der Waals surface area (Å²) in [5.41, 5.74) is 4.58. The predicted molar refractivity (Wildman–Crippen MR) is 130 cm³/mol. The van der Waals surface area contributed by atoms with Crippen LogP contribution in [0.1, 0.15) is 5.56 Å². The van der Waals surface area contributed by atoms with E-state index in [0.29, 0.717) is 26.6 Å². The first kappa shape index (κ1) is 23.0. The number of nitrogens with zero attached hydrogens (tertiary/aromatic N) is 4. The number of rotatable bonds is 7. The Kier molecular flexibility index (Phi) is 7.39. The average molecular weight is 500 g/mol. The smallest absolute Gasteiger partial charge is 0.250 e. The summed E-state index contributed by atoms with van der Waals surface area (Å²) < 4.78 is 15.1. The summed E-state index contributed by atoms with van der Waals surface area (Å²) in [6.45, 7) is 0. The van der Waals surface area contributed by atoms with Crippen LogP contribution in [-0.4, -0.2) is 32.6 Å². The van der Waals surface area contributed by atoms with Gasteiger partial charge < -0.3 is 0 Å². The van der Waals surface area contributed by atoms with E-state index in [1.807, 2.05) is 28.8 Å². The third kappa shape index (κ3) is 5.98. The van der Waals surface area contributed by atoms with Crippen LogP contribution in [0.25, 0.3) is 17.1 Å². The van der Waals surface area contributed by atoms with Crippen molar-refractivity contribution in [3.05, 3.63) is 94.2 Å². The van der Waals surface area contributed by atoms with Crippen molar-refractivity contribution in [2.45, 2.75) is 5.16 Å². The Balaban J connectivity index is 1.51. The van der Waals surface area contributed by atoms with Gasteiger partial charge in [-0.2, -0.15) is 5.10 Å². The van der Waals surface area contributed by atoms with Crippen LogP contribution in [0, 0.1) is 5.82 Å². The molecule has 0 aliphatic heterocycles. The minimum absolute atomic E-state index is 0.0484. The molecule has 0 bridgehead atoms. The number of halogens is 3. The van der Waals surface area contributed by atoms with Gasteiger partial charge in [-0.15, -0.1) is 10.2 Å². The molecule has 0 aliphatic rings. The van der Waals surface area contributed by atoms with Crippen molar-refractivity contribution in [3.63, 3.8) is 0 Å². The van der Waals surface area contributed by atoms with E-state index in [4.69, 9.17) is 23.2 Å². The third-order valence-electron chi connectivity index (χ3n) is 4.40. The van der Waals surface area contributed by atoms with E-state index in [2.05, 4.69) is 20.7 Å². The SMILES string of the molecule is O=C(CSc1nnc(-c2ccc(Cl)cc2)n1-c1ccc(Cl)cc1)N/N=C/c1cccc(F)c1. The van der Waals surface area contributed by atoms with Gasteiger partial charge in [0.2, 0.25) is 0 Å². The second-order valence-corrected chi connectivity index (χ2v) is 8.58. The molecule has 0 saturated carbocycles. The number of aromatic nitrogens is 3. The second kappa shape index (κ2) is 10.6. The quantitative estimate of drug-likeness (QED) is 0.203.